The van der Waals surface area contributed by atoms with Crippen molar-refractivity contribution in [3.05, 3.63) is 35.1 Å². The van der Waals surface area contributed by atoms with Crippen LogP contribution in [-0.4, -0.2) is 6.54 Å². The van der Waals surface area contributed by atoms with Crippen molar-refractivity contribution >= 4 is 11.0 Å². The van der Waals surface area contributed by atoms with Crippen molar-refractivity contribution in [1.82, 2.24) is 5.32 Å². The van der Waals surface area contributed by atoms with Gasteiger partial charge in [0.1, 0.15) is 11.3 Å². The molecule has 2 heteroatoms. The van der Waals surface area contributed by atoms with Gasteiger partial charge in [-0.15, -0.1) is 0 Å². The van der Waals surface area contributed by atoms with Crippen LogP contribution in [0.5, 0.6) is 0 Å². The van der Waals surface area contributed by atoms with Crippen LogP contribution >= 0.6 is 0 Å². The van der Waals surface area contributed by atoms with E-state index in [9.17, 15) is 0 Å². The molecular weight excluding hydrogens is 222 g/mol. The molecule has 0 saturated heterocycles. The third kappa shape index (κ3) is 2.30. The Morgan fingerprint density at radius 2 is 1.83 bits per heavy atom. The maximum Gasteiger partial charge on any atom is 0.137 e. The van der Waals surface area contributed by atoms with Gasteiger partial charge in [0, 0.05) is 5.39 Å². The van der Waals surface area contributed by atoms with Crippen LogP contribution < -0.4 is 5.32 Å². The van der Waals surface area contributed by atoms with Crippen LogP contribution in [0, 0.1) is 19.8 Å². The normalized spacial score (nSPS) is 13.4. The van der Waals surface area contributed by atoms with Crippen LogP contribution in [0.1, 0.15) is 43.7 Å². The predicted octanol–water partition coefficient (Wildman–Crippen LogP) is 4.36. The molecule has 1 N–H and O–H groups in total. The SMILES string of the molecule is CCNC(c1cc2c(C)ccc(C)c2o1)C(C)C. The van der Waals surface area contributed by atoms with Gasteiger partial charge in [0.05, 0.1) is 6.04 Å². The average Bonchev–Trinajstić information content (AvgIpc) is 2.76. The van der Waals surface area contributed by atoms with Crippen LogP contribution in [0.3, 0.4) is 0 Å². The summed E-state index contributed by atoms with van der Waals surface area (Å²) < 4.78 is 6.09. The first-order valence-corrected chi connectivity index (χ1v) is 6.77. The molecule has 0 radical (unpaired) electrons. The third-order valence-corrected chi connectivity index (χ3v) is 3.51. The Bertz CT molecular complexity index is 500. The fourth-order valence-electron chi connectivity index (χ4n) is 2.45. The van der Waals surface area contributed by atoms with Gasteiger partial charge in [0.25, 0.3) is 0 Å². The van der Waals surface area contributed by atoms with Crippen molar-refractivity contribution < 1.29 is 4.42 Å². The number of aryl methyl sites for hydroxylation is 2. The maximum absolute atomic E-state index is 6.09. The first-order chi connectivity index (χ1) is 8.54. The third-order valence-electron chi connectivity index (χ3n) is 3.51. The lowest BCUT2D eigenvalue weighted by Crippen LogP contribution is -2.24. The smallest absolute Gasteiger partial charge is 0.137 e. The highest BCUT2D eigenvalue weighted by molar-refractivity contribution is 5.84. The van der Waals surface area contributed by atoms with Crippen molar-refractivity contribution in [3.63, 3.8) is 0 Å². The number of hydrogen-bond donors (Lipinski definition) is 1. The minimum absolute atomic E-state index is 0.293. The topological polar surface area (TPSA) is 25.2 Å². The minimum Gasteiger partial charge on any atom is -0.459 e. The van der Waals surface area contributed by atoms with E-state index in [0.29, 0.717) is 12.0 Å². The average molecular weight is 245 g/mol. The second-order valence-corrected chi connectivity index (χ2v) is 5.37. The van der Waals surface area contributed by atoms with Gasteiger partial charge >= 0.3 is 0 Å². The second-order valence-electron chi connectivity index (χ2n) is 5.37. The molecule has 0 amide bonds. The molecule has 0 saturated carbocycles. The summed E-state index contributed by atoms with van der Waals surface area (Å²) in [5.74, 6) is 1.57. The standard InChI is InChI=1S/C16H23NO/c1-6-17-15(10(2)3)14-9-13-11(4)7-8-12(5)16(13)18-14/h7-10,15,17H,6H2,1-5H3. The summed E-state index contributed by atoms with van der Waals surface area (Å²) in [6.07, 6.45) is 0. The van der Waals surface area contributed by atoms with Crippen molar-refractivity contribution in [3.8, 4) is 0 Å². The van der Waals surface area contributed by atoms with E-state index in [2.05, 4.69) is 58.1 Å². The molecule has 2 rings (SSSR count). The van der Waals surface area contributed by atoms with E-state index in [1.54, 1.807) is 0 Å². The van der Waals surface area contributed by atoms with E-state index in [1.165, 1.54) is 16.5 Å². The van der Waals surface area contributed by atoms with Crippen LogP contribution in [0.2, 0.25) is 0 Å². The highest BCUT2D eigenvalue weighted by Crippen LogP contribution is 2.31. The van der Waals surface area contributed by atoms with E-state index in [0.717, 1.165) is 17.9 Å². The van der Waals surface area contributed by atoms with E-state index in [4.69, 9.17) is 4.42 Å². The van der Waals surface area contributed by atoms with E-state index in [-0.39, 0.29) is 0 Å². The van der Waals surface area contributed by atoms with Crippen LogP contribution in [0.25, 0.3) is 11.0 Å². The summed E-state index contributed by atoms with van der Waals surface area (Å²) in [4.78, 5) is 0. The number of furan rings is 1. The zero-order chi connectivity index (χ0) is 13.3. The van der Waals surface area contributed by atoms with Gasteiger partial charge in [0.15, 0.2) is 0 Å². The van der Waals surface area contributed by atoms with Gasteiger partial charge in [-0.1, -0.05) is 32.9 Å². The van der Waals surface area contributed by atoms with Gasteiger partial charge in [0.2, 0.25) is 0 Å². The van der Waals surface area contributed by atoms with Crippen LogP contribution in [0.4, 0.5) is 0 Å². The Morgan fingerprint density at radius 3 is 2.39 bits per heavy atom. The summed E-state index contributed by atoms with van der Waals surface area (Å²) in [6.45, 7) is 11.8. The number of fused-ring (bicyclic) bond motifs is 1. The summed E-state index contributed by atoms with van der Waals surface area (Å²) in [5, 5.41) is 4.75. The Kier molecular flexibility index (Phi) is 3.76. The van der Waals surface area contributed by atoms with Crippen molar-refractivity contribution in [2.75, 3.05) is 6.54 Å². The Hall–Kier alpha value is -1.28. The molecule has 0 bridgehead atoms. The van der Waals surface area contributed by atoms with Gasteiger partial charge < -0.3 is 9.73 Å². The fraction of sp³-hybridized carbons (Fsp3) is 0.500. The lowest BCUT2D eigenvalue weighted by Gasteiger charge is -2.19. The molecular formula is C16H23NO. The van der Waals surface area contributed by atoms with Gasteiger partial charge in [-0.3, -0.25) is 0 Å². The first-order valence-electron chi connectivity index (χ1n) is 6.77. The number of hydrogen-bond acceptors (Lipinski definition) is 2. The largest absolute Gasteiger partial charge is 0.459 e. The quantitative estimate of drug-likeness (QED) is 0.866. The molecule has 1 atom stereocenters. The summed E-state index contributed by atoms with van der Waals surface area (Å²) >= 11 is 0. The predicted molar refractivity (Wildman–Crippen MR) is 76.9 cm³/mol. The molecule has 0 aliphatic rings. The van der Waals surface area contributed by atoms with Gasteiger partial charge in [-0.25, -0.2) is 0 Å². The molecule has 98 valence electrons. The molecule has 18 heavy (non-hydrogen) atoms. The maximum atomic E-state index is 6.09. The van der Waals surface area contributed by atoms with Crippen LogP contribution in [0.15, 0.2) is 22.6 Å². The minimum atomic E-state index is 0.293. The molecule has 2 nitrogen and oxygen atoms in total. The Labute approximate surface area is 109 Å². The molecule has 1 aromatic carbocycles. The summed E-state index contributed by atoms with van der Waals surface area (Å²) in [7, 11) is 0. The Morgan fingerprint density at radius 1 is 1.17 bits per heavy atom. The van der Waals surface area contributed by atoms with Crippen molar-refractivity contribution in [2.24, 2.45) is 5.92 Å². The summed E-state index contributed by atoms with van der Waals surface area (Å²) in [6, 6.07) is 6.78. The number of rotatable bonds is 4. The molecule has 1 unspecified atom stereocenters. The zero-order valence-corrected chi connectivity index (χ0v) is 12.0. The molecule has 1 aromatic heterocycles. The lowest BCUT2D eigenvalue weighted by molar-refractivity contribution is 0.356. The van der Waals surface area contributed by atoms with Crippen molar-refractivity contribution in [1.29, 1.82) is 0 Å². The molecule has 0 aliphatic heterocycles. The first kappa shape index (κ1) is 13.2. The summed E-state index contributed by atoms with van der Waals surface area (Å²) in [5.41, 5.74) is 3.53. The molecule has 1 heterocycles. The molecule has 0 aliphatic carbocycles. The van der Waals surface area contributed by atoms with E-state index < -0.39 is 0 Å². The van der Waals surface area contributed by atoms with Crippen LogP contribution in [-0.2, 0) is 0 Å². The lowest BCUT2D eigenvalue weighted by atomic mass is 10.0. The van der Waals surface area contributed by atoms with Gasteiger partial charge in [-0.2, -0.15) is 0 Å². The second kappa shape index (κ2) is 5.15. The van der Waals surface area contributed by atoms with E-state index >= 15 is 0 Å². The Balaban J connectivity index is 2.52. The molecule has 0 spiro atoms. The number of nitrogens with one attached hydrogen (secondary N) is 1. The highest BCUT2D eigenvalue weighted by Gasteiger charge is 2.19. The van der Waals surface area contributed by atoms with Crippen molar-refractivity contribution in [2.45, 2.75) is 40.7 Å². The fourth-order valence-corrected chi connectivity index (χ4v) is 2.45. The molecule has 0 fully saturated rings. The highest BCUT2D eigenvalue weighted by atomic mass is 16.3. The molecule has 2 aromatic rings. The zero-order valence-electron chi connectivity index (χ0n) is 12.0. The number of benzene rings is 1. The van der Waals surface area contributed by atoms with E-state index in [1.807, 2.05) is 0 Å². The monoisotopic (exact) mass is 245 g/mol. The van der Waals surface area contributed by atoms with Gasteiger partial charge in [-0.05, 0) is 43.5 Å².